The number of benzene rings is 4. The molecule has 0 radical (unpaired) electrons. The summed E-state index contributed by atoms with van der Waals surface area (Å²) in [6.45, 7) is 9.14. The molecule has 16 nitrogen and oxygen atoms in total. The summed E-state index contributed by atoms with van der Waals surface area (Å²) in [5, 5.41) is 0.918. The van der Waals surface area contributed by atoms with Gasteiger partial charge in [0.05, 0.1) is 23.8 Å². The fourth-order valence-electron chi connectivity index (χ4n) is 8.79. The Labute approximate surface area is 472 Å². The van der Waals surface area contributed by atoms with Crippen LogP contribution in [0.1, 0.15) is 60.6 Å². The predicted molar refractivity (Wildman–Crippen MR) is 298 cm³/mol. The molecule has 1 fully saturated rings. The van der Waals surface area contributed by atoms with Gasteiger partial charge < -0.3 is 9.64 Å². The molecule has 3 amide bonds. The molecule has 9 rings (SSSR count). The van der Waals surface area contributed by atoms with Gasteiger partial charge in [0.1, 0.15) is 16.7 Å². The standard InChI is InChI=1S/C28H30BrCl2N5O5S.C19H13BrCl3N3O3S.2CH4/c1-27(2,3)41-26(38)33-9-11-34(12-10-33)42(39,40)23-17-32-25-35(22-14-20(30)13-21(31)15-22)24(37)28(4,36(23)25)16-18-5-7-19(29)8-6-18;1-19(9-11-2-4-12(20)5-3-11)17(27)25(15-7-13(21)6-14(22)8-15)18-24-10-16(26(18)19)30(23,28)29;;/h5-8,13-15,17H,9-12,16H2,1-4H3;2-8,10H,9H2,1H3;2*1H4/t28-;19-;;/m11../s1. The lowest BCUT2D eigenvalue weighted by Crippen LogP contribution is -2.52. The number of ether oxygens (including phenoxy) is 1. The lowest BCUT2D eigenvalue weighted by atomic mass is 9.92. The molecule has 2 atom stereocenters. The summed E-state index contributed by atoms with van der Waals surface area (Å²) in [6, 6.07) is 24.3. The molecule has 396 valence electrons. The maximum atomic E-state index is 14.2. The second-order valence-corrected chi connectivity index (χ2v) is 26.4. The maximum Gasteiger partial charge on any atom is 0.410 e. The predicted octanol–water partition coefficient (Wildman–Crippen LogP) is 12.6. The third-order valence-corrected chi connectivity index (χ3v) is 17.1. The van der Waals surface area contributed by atoms with Crippen LogP contribution >= 0.6 is 88.9 Å². The number of nitrogens with zero attached hydrogens (tertiary/aromatic N) is 8. The summed E-state index contributed by atoms with van der Waals surface area (Å²) in [6.07, 6.45) is 2.34. The monoisotopic (exact) mass is 1280 g/mol. The number of rotatable bonds is 9. The van der Waals surface area contributed by atoms with Crippen LogP contribution in [0.15, 0.2) is 116 Å². The Balaban J connectivity index is 0.000000247. The molecule has 0 spiro atoms. The van der Waals surface area contributed by atoms with Crippen LogP contribution in [0.3, 0.4) is 0 Å². The van der Waals surface area contributed by atoms with Crippen LogP contribution in [-0.2, 0) is 57.3 Å². The molecule has 0 aliphatic carbocycles. The van der Waals surface area contributed by atoms with Crippen molar-refractivity contribution < 1.29 is 36.0 Å². The molecule has 3 aliphatic rings. The molecule has 4 aromatic carbocycles. The number of aromatic nitrogens is 4. The van der Waals surface area contributed by atoms with E-state index in [1.165, 1.54) is 40.4 Å². The molecule has 0 N–H and O–H groups in total. The van der Waals surface area contributed by atoms with Crippen LogP contribution in [0.5, 0.6) is 0 Å². The number of carbonyl (C=O) groups excluding carboxylic acids is 3. The first kappa shape index (κ1) is 59.0. The van der Waals surface area contributed by atoms with Gasteiger partial charge in [-0.2, -0.15) is 4.31 Å². The number of fused-ring (bicyclic) bond motifs is 2. The van der Waals surface area contributed by atoms with Gasteiger partial charge >= 0.3 is 6.09 Å². The van der Waals surface area contributed by atoms with Crippen molar-refractivity contribution in [3.05, 3.63) is 137 Å². The molecule has 74 heavy (non-hydrogen) atoms. The average molecular weight is 1280 g/mol. The van der Waals surface area contributed by atoms with Crippen LogP contribution in [0, 0.1) is 0 Å². The Bertz CT molecular complexity index is 3330. The highest BCUT2D eigenvalue weighted by Crippen LogP contribution is 2.47. The topological polar surface area (TPSA) is 177 Å². The van der Waals surface area contributed by atoms with Crippen LogP contribution in [-0.4, -0.2) is 94.8 Å². The number of sulfonamides is 1. The zero-order valence-electron chi connectivity index (χ0n) is 38.8. The summed E-state index contributed by atoms with van der Waals surface area (Å²) in [5.74, 6) is -0.493. The van der Waals surface area contributed by atoms with Crippen molar-refractivity contribution in [2.24, 2.45) is 0 Å². The summed E-state index contributed by atoms with van der Waals surface area (Å²) >= 11 is 31.6. The van der Waals surface area contributed by atoms with Gasteiger partial charge in [0.15, 0.2) is 10.1 Å². The van der Waals surface area contributed by atoms with E-state index >= 15 is 0 Å². The van der Waals surface area contributed by atoms with Crippen molar-refractivity contribution in [1.29, 1.82) is 0 Å². The van der Waals surface area contributed by atoms with Crippen molar-refractivity contribution in [1.82, 2.24) is 28.3 Å². The van der Waals surface area contributed by atoms with E-state index in [0.717, 1.165) is 26.3 Å². The second kappa shape index (κ2) is 22.0. The highest BCUT2D eigenvalue weighted by molar-refractivity contribution is 9.10. The Kier molecular flexibility index (Phi) is 17.6. The minimum absolute atomic E-state index is 0. The molecule has 1 saturated heterocycles. The zero-order chi connectivity index (χ0) is 52.5. The number of amides is 3. The molecule has 2 aromatic heterocycles. The SMILES string of the molecule is C.C.CC(C)(C)OC(=O)N1CCN(S(=O)(=O)c2cnc3n2[C@](C)(Cc2ccc(Br)cc2)C(=O)N3c2cc(Cl)cc(Cl)c2)CC1.C[C@@]1(Cc2ccc(Br)cc2)C(=O)N(c2cc(Cl)cc(Cl)c2)c2ncc(S(=O)(=O)Cl)n21. The number of anilines is 4. The van der Waals surface area contributed by atoms with Crippen molar-refractivity contribution in [3.8, 4) is 0 Å². The second-order valence-electron chi connectivity index (χ2n) is 18.5. The third-order valence-electron chi connectivity index (χ3n) is 12.0. The maximum absolute atomic E-state index is 14.2. The van der Waals surface area contributed by atoms with Crippen LogP contribution in [0.25, 0.3) is 0 Å². The fraction of sp³-hybridized carbons (Fsp3) is 0.327. The summed E-state index contributed by atoms with van der Waals surface area (Å²) in [4.78, 5) is 53.2. The Morgan fingerprint density at radius 3 is 1.36 bits per heavy atom. The molecule has 25 heteroatoms. The minimum atomic E-state index is -4.17. The summed E-state index contributed by atoms with van der Waals surface area (Å²) in [5.41, 5.74) is -0.905. The number of piperazine rings is 1. The van der Waals surface area contributed by atoms with Crippen LogP contribution < -0.4 is 9.80 Å². The van der Waals surface area contributed by atoms with E-state index in [1.807, 2.05) is 48.5 Å². The van der Waals surface area contributed by atoms with Gasteiger partial charge in [0, 0.05) is 78.7 Å². The first-order valence-electron chi connectivity index (χ1n) is 21.8. The van der Waals surface area contributed by atoms with E-state index in [9.17, 15) is 31.2 Å². The number of halogens is 7. The normalized spacial score (nSPS) is 18.8. The zero-order valence-corrected chi connectivity index (χ0v) is 47.4. The van der Waals surface area contributed by atoms with Crippen LogP contribution in [0.4, 0.5) is 28.1 Å². The van der Waals surface area contributed by atoms with E-state index in [2.05, 4.69) is 41.8 Å². The molecule has 6 aromatic rings. The summed E-state index contributed by atoms with van der Waals surface area (Å²) < 4.78 is 64.0. The Morgan fingerprint density at radius 2 is 1.00 bits per heavy atom. The molecule has 0 saturated carbocycles. The largest absolute Gasteiger partial charge is 0.444 e. The van der Waals surface area contributed by atoms with Crippen molar-refractivity contribution in [2.75, 3.05) is 36.0 Å². The van der Waals surface area contributed by atoms with Crippen molar-refractivity contribution in [3.63, 3.8) is 0 Å². The van der Waals surface area contributed by atoms with Gasteiger partial charge in [-0.05, 0) is 106 Å². The van der Waals surface area contributed by atoms with Gasteiger partial charge in [0.25, 0.3) is 30.9 Å². The third kappa shape index (κ3) is 11.7. The molecular formula is C49H51Br2Cl5N8O8S2. The molecule has 5 heterocycles. The van der Waals surface area contributed by atoms with Gasteiger partial charge in [-0.25, -0.2) is 41.4 Å². The molecular weight excluding hydrogens is 1230 g/mol. The van der Waals surface area contributed by atoms with E-state index in [4.69, 9.17) is 61.8 Å². The highest BCUT2D eigenvalue weighted by atomic mass is 79.9. The lowest BCUT2D eigenvalue weighted by molar-refractivity contribution is -0.124. The number of hydrogen-bond acceptors (Lipinski definition) is 10. The summed E-state index contributed by atoms with van der Waals surface area (Å²) in [7, 11) is -2.63. The van der Waals surface area contributed by atoms with Crippen molar-refractivity contribution in [2.45, 2.75) is 89.0 Å². The first-order valence-corrected chi connectivity index (χ1v) is 28.6. The van der Waals surface area contributed by atoms with E-state index in [0.29, 0.717) is 31.5 Å². The van der Waals surface area contributed by atoms with E-state index < -0.39 is 41.8 Å². The lowest BCUT2D eigenvalue weighted by Gasteiger charge is -2.35. The highest BCUT2D eigenvalue weighted by Gasteiger charge is 2.54. The van der Waals surface area contributed by atoms with Gasteiger partial charge in [0.2, 0.25) is 11.9 Å². The van der Waals surface area contributed by atoms with E-state index in [-0.39, 0.29) is 87.6 Å². The number of carbonyl (C=O) groups is 3. The molecule has 0 unspecified atom stereocenters. The fourth-order valence-corrected chi connectivity index (χ4v) is 13.0. The minimum Gasteiger partial charge on any atom is -0.444 e. The van der Waals surface area contributed by atoms with Crippen LogP contribution in [0.2, 0.25) is 20.1 Å². The smallest absolute Gasteiger partial charge is 0.410 e. The van der Waals surface area contributed by atoms with Gasteiger partial charge in [-0.15, -0.1) is 0 Å². The number of imidazole rings is 2. The van der Waals surface area contributed by atoms with E-state index in [1.54, 1.807) is 65.0 Å². The molecule has 0 bridgehead atoms. The quantitative estimate of drug-likeness (QED) is 0.127. The Hall–Kier alpha value is -4.22. The Morgan fingerprint density at radius 1 is 0.635 bits per heavy atom. The van der Waals surface area contributed by atoms with Gasteiger partial charge in [-0.1, -0.05) is 117 Å². The first-order chi connectivity index (χ1) is 33.6. The van der Waals surface area contributed by atoms with Gasteiger partial charge in [-0.3, -0.25) is 18.7 Å². The number of hydrogen-bond donors (Lipinski definition) is 0. The van der Waals surface area contributed by atoms with Crippen molar-refractivity contribution >= 4 is 149 Å². The average Bonchev–Trinajstić information content (AvgIpc) is 4.03. The molecule has 3 aliphatic heterocycles.